The van der Waals surface area contributed by atoms with E-state index in [-0.39, 0.29) is 0 Å². The van der Waals surface area contributed by atoms with E-state index in [1.165, 1.54) is 0 Å². The zero-order valence-electron chi connectivity index (χ0n) is 12.1. The zero-order chi connectivity index (χ0) is 14.7. The number of fused-ring (bicyclic) bond motifs is 1. The van der Waals surface area contributed by atoms with E-state index in [2.05, 4.69) is 27.5 Å². The first-order valence-electron chi connectivity index (χ1n) is 6.83. The van der Waals surface area contributed by atoms with E-state index in [4.69, 9.17) is 4.74 Å². The highest BCUT2D eigenvalue weighted by Crippen LogP contribution is 2.15. The van der Waals surface area contributed by atoms with Gasteiger partial charge in [-0.25, -0.2) is 4.98 Å². The molecule has 0 fully saturated rings. The van der Waals surface area contributed by atoms with Gasteiger partial charge in [0.05, 0.1) is 24.7 Å². The van der Waals surface area contributed by atoms with Crippen molar-refractivity contribution in [3.8, 4) is 17.6 Å². The Hall–Kier alpha value is -2.73. The second-order valence-electron chi connectivity index (χ2n) is 4.77. The van der Waals surface area contributed by atoms with Crippen molar-refractivity contribution in [3.05, 3.63) is 59.9 Å². The lowest BCUT2D eigenvalue weighted by atomic mass is 10.2. The van der Waals surface area contributed by atoms with Crippen LogP contribution in [0, 0.1) is 18.8 Å². The van der Waals surface area contributed by atoms with Crippen molar-refractivity contribution in [2.75, 3.05) is 7.11 Å². The summed E-state index contributed by atoms with van der Waals surface area (Å²) < 4.78 is 7.33. The zero-order valence-corrected chi connectivity index (χ0v) is 12.1. The van der Waals surface area contributed by atoms with Gasteiger partial charge in [-0.3, -0.25) is 0 Å². The van der Waals surface area contributed by atoms with Crippen molar-refractivity contribution in [3.63, 3.8) is 0 Å². The van der Waals surface area contributed by atoms with Gasteiger partial charge >= 0.3 is 0 Å². The number of hydrogen-bond acceptors (Lipinski definition) is 2. The van der Waals surface area contributed by atoms with Crippen LogP contribution in [0.4, 0.5) is 0 Å². The summed E-state index contributed by atoms with van der Waals surface area (Å²) >= 11 is 0. The number of para-hydroxylation sites is 2. The third kappa shape index (κ3) is 2.75. The number of aromatic nitrogens is 2. The Labute approximate surface area is 124 Å². The second-order valence-corrected chi connectivity index (χ2v) is 4.77. The lowest BCUT2D eigenvalue weighted by molar-refractivity contribution is 0.414. The van der Waals surface area contributed by atoms with Crippen LogP contribution < -0.4 is 4.74 Å². The molecule has 3 nitrogen and oxygen atoms in total. The molecule has 0 radical (unpaired) electrons. The Kier molecular flexibility index (Phi) is 3.61. The summed E-state index contributed by atoms with van der Waals surface area (Å²) in [6.45, 7) is 2.64. The van der Waals surface area contributed by atoms with Crippen LogP contribution >= 0.6 is 0 Å². The van der Waals surface area contributed by atoms with E-state index >= 15 is 0 Å². The quantitative estimate of drug-likeness (QED) is 0.671. The van der Waals surface area contributed by atoms with E-state index in [1.54, 1.807) is 7.11 Å². The van der Waals surface area contributed by atoms with Crippen LogP contribution in [-0.2, 0) is 6.54 Å². The molecule has 1 aromatic heterocycles. The molecule has 3 aromatic rings. The van der Waals surface area contributed by atoms with Gasteiger partial charge in [-0.05, 0) is 37.3 Å². The Morgan fingerprint density at radius 2 is 2.00 bits per heavy atom. The first-order chi connectivity index (χ1) is 10.3. The Balaban J connectivity index is 1.87. The summed E-state index contributed by atoms with van der Waals surface area (Å²) in [7, 11) is 1.66. The van der Waals surface area contributed by atoms with Crippen molar-refractivity contribution in [1.82, 2.24) is 9.55 Å². The van der Waals surface area contributed by atoms with Gasteiger partial charge in [0.15, 0.2) is 0 Å². The molecule has 0 aliphatic carbocycles. The second kappa shape index (κ2) is 5.72. The maximum atomic E-state index is 5.20. The predicted octanol–water partition coefficient (Wildman–Crippen LogP) is 3.41. The molecule has 0 atom stereocenters. The minimum atomic E-state index is 0.629. The van der Waals surface area contributed by atoms with E-state index in [9.17, 15) is 0 Å². The molecule has 0 saturated carbocycles. The molecular weight excluding hydrogens is 260 g/mol. The van der Waals surface area contributed by atoms with Gasteiger partial charge in [-0.1, -0.05) is 30.0 Å². The Morgan fingerprint density at radius 3 is 2.86 bits per heavy atom. The van der Waals surface area contributed by atoms with Gasteiger partial charge in [0.25, 0.3) is 0 Å². The maximum absolute atomic E-state index is 5.20. The molecule has 0 aliphatic rings. The largest absolute Gasteiger partial charge is 0.497 e. The molecule has 0 N–H and O–H groups in total. The van der Waals surface area contributed by atoms with Crippen molar-refractivity contribution < 1.29 is 4.74 Å². The van der Waals surface area contributed by atoms with Crippen LogP contribution in [0.25, 0.3) is 11.0 Å². The normalized spacial score (nSPS) is 10.2. The van der Waals surface area contributed by atoms with E-state index in [0.29, 0.717) is 6.54 Å². The number of aryl methyl sites for hydroxylation is 1. The SMILES string of the molecule is COc1cccc(C#CCn2c(C)nc3ccccc32)c1. The molecule has 2 aromatic carbocycles. The van der Waals surface area contributed by atoms with Crippen LogP contribution in [0.15, 0.2) is 48.5 Å². The van der Waals surface area contributed by atoms with Gasteiger partial charge in [0.1, 0.15) is 11.6 Å². The minimum absolute atomic E-state index is 0.629. The monoisotopic (exact) mass is 276 g/mol. The first kappa shape index (κ1) is 13.3. The summed E-state index contributed by atoms with van der Waals surface area (Å²) in [5.74, 6) is 8.18. The topological polar surface area (TPSA) is 27.1 Å². The van der Waals surface area contributed by atoms with E-state index in [0.717, 1.165) is 28.2 Å². The summed E-state index contributed by atoms with van der Waals surface area (Å²) in [5.41, 5.74) is 3.09. The maximum Gasteiger partial charge on any atom is 0.120 e. The van der Waals surface area contributed by atoms with Crippen LogP contribution in [0.3, 0.4) is 0 Å². The fraction of sp³-hybridized carbons (Fsp3) is 0.167. The van der Waals surface area contributed by atoms with Gasteiger partial charge in [0, 0.05) is 5.56 Å². The van der Waals surface area contributed by atoms with Crippen molar-refractivity contribution in [1.29, 1.82) is 0 Å². The summed E-state index contributed by atoms with van der Waals surface area (Å²) in [6, 6.07) is 15.9. The fourth-order valence-corrected chi connectivity index (χ4v) is 2.32. The smallest absolute Gasteiger partial charge is 0.120 e. The standard InChI is InChI=1S/C18H16N2O/c1-14-19-17-10-3-4-11-18(17)20(14)12-6-8-15-7-5-9-16(13-15)21-2/h3-5,7,9-11,13H,12H2,1-2H3. The molecule has 0 saturated heterocycles. The third-order valence-electron chi connectivity index (χ3n) is 3.39. The first-order valence-corrected chi connectivity index (χ1v) is 6.83. The highest BCUT2D eigenvalue weighted by atomic mass is 16.5. The van der Waals surface area contributed by atoms with Crippen LogP contribution in [0.2, 0.25) is 0 Å². The lowest BCUT2D eigenvalue weighted by Gasteiger charge is -2.01. The Bertz CT molecular complexity index is 837. The number of benzene rings is 2. The Morgan fingerprint density at radius 1 is 1.14 bits per heavy atom. The number of imidazole rings is 1. The van der Waals surface area contributed by atoms with Gasteiger partial charge in [-0.15, -0.1) is 0 Å². The molecule has 0 aliphatic heterocycles. The van der Waals surface area contributed by atoms with Crippen LogP contribution in [-0.4, -0.2) is 16.7 Å². The molecular formula is C18H16N2O. The number of methoxy groups -OCH3 is 1. The molecule has 0 spiro atoms. The summed E-state index contributed by atoms with van der Waals surface area (Å²) in [4.78, 5) is 4.54. The molecule has 1 heterocycles. The molecule has 3 rings (SSSR count). The molecule has 0 unspecified atom stereocenters. The molecule has 0 amide bonds. The van der Waals surface area contributed by atoms with Gasteiger partial charge in [-0.2, -0.15) is 0 Å². The molecule has 104 valence electrons. The van der Waals surface area contributed by atoms with Crippen molar-refractivity contribution in [2.24, 2.45) is 0 Å². The number of rotatable bonds is 2. The molecule has 21 heavy (non-hydrogen) atoms. The minimum Gasteiger partial charge on any atom is -0.497 e. The summed E-state index contributed by atoms with van der Waals surface area (Å²) in [5, 5.41) is 0. The fourth-order valence-electron chi connectivity index (χ4n) is 2.32. The number of hydrogen-bond donors (Lipinski definition) is 0. The molecule has 0 bridgehead atoms. The summed E-state index contributed by atoms with van der Waals surface area (Å²) in [6.07, 6.45) is 0. The number of nitrogens with zero attached hydrogens (tertiary/aromatic N) is 2. The third-order valence-corrected chi connectivity index (χ3v) is 3.39. The highest BCUT2D eigenvalue weighted by Gasteiger charge is 2.04. The van der Waals surface area contributed by atoms with Crippen LogP contribution in [0.5, 0.6) is 5.75 Å². The van der Waals surface area contributed by atoms with Crippen molar-refractivity contribution in [2.45, 2.75) is 13.5 Å². The highest BCUT2D eigenvalue weighted by molar-refractivity contribution is 5.75. The van der Waals surface area contributed by atoms with Gasteiger partial charge < -0.3 is 9.30 Å². The van der Waals surface area contributed by atoms with Crippen molar-refractivity contribution >= 4 is 11.0 Å². The molecule has 3 heteroatoms. The van der Waals surface area contributed by atoms with E-state index in [1.807, 2.05) is 49.4 Å². The van der Waals surface area contributed by atoms with Crippen LogP contribution in [0.1, 0.15) is 11.4 Å². The lowest BCUT2D eigenvalue weighted by Crippen LogP contribution is -1.98. The average molecular weight is 276 g/mol. The number of ether oxygens (including phenoxy) is 1. The van der Waals surface area contributed by atoms with Gasteiger partial charge in [0.2, 0.25) is 0 Å². The predicted molar refractivity (Wildman–Crippen MR) is 84.3 cm³/mol. The average Bonchev–Trinajstić information content (AvgIpc) is 2.83. The van der Waals surface area contributed by atoms with E-state index < -0.39 is 0 Å².